The summed E-state index contributed by atoms with van der Waals surface area (Å²) >= 11 is 0. The van der Waals surface area contributed by atoms with Crippen molar-refractivity contribution in [1.82, 2.24) is 20.5 Å². The second kappa shape index (κ2) is 11.3. The molecule has 0 bridgehead atoms. The Hall–Kier alpha value is -3.32. The summed E-state index contributed by atoms with van der Waals surface area (Å²) in [6.45, 7) is 4.05. The highest BCUT2D eigenvalue weighted by Crippen LogP contribution is 2.24. The predicted octanol–water partition coefficient (Wildman–Crippen LogP) is 3.76. The van der Waals surface area contributed by atoms with E-state index in [0.29, 0.717) is 19.0 Å². The number of nitrogens with zero attached hydrogens (tertiary/aromatic N) is 3. The summed E-state index contributed by atoms with van der Waals surface area (Å²) in [6, 6.07) is 18.2. The lowest BCUT2D eigenvalue weighted by Crippen LogP contribution is -2.42. The normalized spacial score (nSPS) is 15.5. The number of ether oxygens (including phenoxy) is 1. The molecule has 0 radical (unpaired) electrons. The number of furan rings is 1. The Labute approximate surface area is 189 Å². The summed E-state index contributed by atoms with van der Waals surface area (Å²) in [5.74, 6) is 2.36. The number of pyridine rings is 1. The van der Waals surface area contributed by atoms with Crippen LogP contribution in [0.3, 0.4) is 0 Å². The number of hydrogen-bond acceptors (Lipinski definition) is 5. The van der Waals surface area contributed by atoms with E-state index in [-0.39, 0.29) is 6.04 Å². The zero-order chi connectivity index (χ0) is 22.0. The Morgan fingerprint density at radius 3 is 2.69 bits per heavy atom. The van der Waals surface area contributed by atoms with Gasteiger partial charge in [0.25, 0.3) is 0 Å². The van der Waals surface area contributed by atoms with Gasteiger partial charge in [-0.2, -0.15) is 0 Å². The molecule has 0 spiro atoms. The fraction of sp³-hybridized carbons (Fsp3) is 0.360. The predicted molar refractivity (Wildman–Crippen MR) is 125 cm³/mol. The largest absolute Gasteiger partial charge is 0.473 e. The molecule has 168 valence electrons. The van der Waals surface area contributed by atoms with Gasteiger partial charge in [-0.1, -0.05) is 30.3 Å². The molecule has 0 aliphatic carbocycles. The molecule has 1 unspecified atom stereocenters. The van der Waals surface area contributed by atoms with Crippen molar-refractivity contribution in [3.05, 3.63) is 83.9 Å². The molecule has 1 aliphatic heterocycles. The molecule has 1 aromatic carbocycles. The molecule has 2 N–H and O–H groups in total. The van der Waals surface area contributed by atoms with Crippen LogP contribution >= 0.6 is 0 Å². The first-order chi connectivity index (χ1) is 15.8. The van der Waals surface area contributed by atoms with E-state index in [1.807, 2.05) is 48.5 Å². The van der Waals surface area contributed by atoms with Gasteiger partial charge in [0.15, 0.2) is 5.96 Å². The lowest BCUT2D eigenvalue weighted by molar-refractivity contribution is 0.215. The molecule has 1 fully saturated rings. The summed E-state index contributed by atoms with van der Waals surface area (Å²) in [5.41, 5.74) is 2.19. The van der Waals surface area contributed by atoms with Gasteiger partial charge in [0.2, 0.25) is 5.88 Å². The molecule has 7 heteroatoms. The monoisotopic (exact) mass is 433 g/mol. The minimum absolute atomic E-state index is 0.199. The number of likely N-dealkylation sites (tertiary alicyclic amines) is 1. The lowest BCUT2D eigenvalue weighted by Gasteiger charge is -2.26. The van der Waals surface area contributed by atoms with Gasteiger partial charge >= 0.3 is 0 Å². The number of benzene rings is 1. The minimum atomic E-state index is 0.199. The first-order valence-electron chi connectivity index (χ1n) is 11.2. The number of guanidine groups is 1. The van der Waals surface area contributed by atoms with E-state index in [0.717, 1.165) is 42.5 Å². The maximum atomic E-state index is 5.84. The van der Waals surface area contributed by atoms with Gasteiger partial charge in [0.05, 0.1) is 12.3 Å². The van der Waals surface area contributed by atoms with E-state index in [4.69, 9.17) is 9.15 Å². The number of hydrogen-bond donors (Lipinski definition) is 2. The lowest BCUT2D eigenvalue weighted by atomic mass is 10.2. The maximum absolute atomic E-state index is 5.84. The Bertz CT molecular complexity index is 969. The first kappa shape index (κ1) is 21.9. The molecule has 7 nitrogen and oxygen atoms in total. The van der Waals surface area contributed by atoms with Crippen molar-refractivity contribution in [3.8, 4) is 5.88 Å². The summed E-state index contributed by atoms with van der Waals surface area (Å²) in [7, 11) is 1.79. The van der Waals surface area contributed by atoms with Crippen molar-refractivity contribution in [2.75, 3.05) is 26.7 Å². The third-order valence-electron chi connectivity index (χ3n) is 5.63. The number of aliphatic imine (C=N–C) groups is 1. The van der Waals surface area contributed by atoms with Crippen LogP contribution in [0, 0.1) is 0 Å². The molecule has 1 atom stereocenters. The molecule has 1 saturated heterocycles. The molecule has 0 saturated carbocycles. The molecular weight excluding hydrogens is 402 g/mol. The van der Waals surface area contributed by atoms with Crippen molar-refractivity contribution >= 4 is 5.96 Å². The van der Waals surface area contributed by atoms with Crippen molar-refractivity contribution < 1.29 is 9.15 Å². The van der Waals surface area contributed by atoms with Crippen molar-refractivity contribution in [1.29, 1.82) is 0 Å². The molecule has 32 heavy (non-hydrogen) atoms. The van der Waals surface area contributed by atoms with Crippen LogP contribution in [0.25, 0.3) is 0 Å². The molecule has 2 aromatic heterocycles. The summed E-state index contributed by atoms with van der Waals surface area (Å²) in [5, 5.41) is 6.84. The Balaban J connectivity index is 1.29. The fourth-order valence-electron chi connectivity index (χ4n) is 3.91. The van der Waals surface area contributed by atoms with Gasteiger partial charge in [0.1, 0.15) is 12.4 Å². The molecule has 0 amide bonds. The Morgan fingerprint density at radius 1 is 1.09 bits per heavy atom. The minimum Gasteiger partial charge on any atom is -0.473 e. The van der Waals surface area contributed by atoms with Gasteiger partial charge < -0.3 is 19.8 Å². The van der Waals surface area contributed by atoms with Gasteiger partial charge in [-0.15, -0.1) is 0 Å². The molecule has 3 heterocycles. The van der Waals surface area contributed by atoms with Crippen molar-refractivity contribution in [2.45, 2.75) is 32.0 Å². The van der Waals surface area contributed by atoms with Crippen LogP contribution in [0.2, 0.25) is 0 Å². The smallest absolute Gasteiger partial charge is 0.213 e. The Morgan fingerprint density at radius 2 is 1.94 bits per heavy atom. The van der Waals surface area contributed by atoms with Crippen LogP contribution in [-0.2, 0) is 13.2 Å². The fourth-order valence-corrected chi connectivity index (χ4v) is 3.91. The van der Waals surface area contributed by atoms with E-state index >= 15 is 0 Å². The first-order valence-corrected chi connectivity index (χ1v) is 11.2. The highest BCUT2D eigenvalue weighted by atomic mass is 16.5. The van der Waals surface area contributed by atoms with E-state index in [2.05, 4.69) is 31.6 Å². The van der Waals surface area contributed by atoms with Crippen molar-refractivity contribution in [3.63, 3.8) is 0 Å². The van der Waals surface area contributed by atoms with Crippen LogP contribution in [0.1, 0.15) is 35.8 Å². The van der Waals surface area contributed by atoms with Crippen LogP contribution in [0.5, 0.6) is 5.88 Å². The zero-order valence-corrected chi connectivity index (χ0v) is 18.5. The maximum Gasteiger partial charge on any atom is 0.213 e. The topological polar surface area (TPSA) is 74.9 Å². The molecule has 4 rings (SSSR count). The third-order valence-corrected chi connectivity index (χ3v) is 5.63. The van der Waals surface area contributed by atoms with Crippen LogP contribution in [0.15, 0.2) is 76.5 Å². The average molecular weight is 434 g/mol. The standard InChI is InChI=1S/C25H31N5O2/c1-26-25(29-18-22(23-10-7-15-31-23)30-13-5-6-14-30)28-17-21-11-12-27-24(16-21)32-19-20-8-3-2-4-9-20/h2-4,7-12,15-16,22H,5-6,13-14,17-19H2,1H3,(H2,26,28,29). The van der Waals surface area contributed by atoms with E-state index in [9.17, 15) is 0 Å². The third kappa shape index (κ3) is 6.11. The SMILES string of the molecule is CN=C(NCc1ccnc(OCc2ccccc2)c1)NCC(c1ccco1)N1CCCC1. The summed E-state index contributed by atoms with van der Waals surface area (Å²) < 4.78 is 11.6. The van der Waals surface area contributed by atoms with Crippen LogP contribution in [0.4, 0.5) is 0 Å². The highest BCUT2D eigenvalue weighted by Gasteiger charge is 2.25. The van der Waals surface area contributed by atoms with E-state index in [1.165, 1.54) is 12.8 Å². The van der Waals surface area contributed by atoms with Crippen LogP contribution < -0.4 is 15.4 Å². The summed E-state index contributed by atoms with van der Waals surface area (Å²) in [6.07, 6.45) is 5.99. The summed E-state index contributed by atoms with van der Waals surface area (Å²) in [4.78, 5) is 11.2. The number of aromatic nitrogens is 1. The highest BCUT2D eigenvalue weighted by molar-refractivity contribution is 5.79. The van der Waals surface area contributed by atoms with Gasteiger partial charge in [0, 0.05) is 32.4 Å². The molecular formula is C25H31N5O2. The number of rotatable bonds is 9. The second-order valence-corrected chi connectivity index (χ2v) is 7.86. The van der Waals surface area contributed by atoms with Gasteiger partial charge in [-0.25, -0.2) is 4.98 Å². The van der Waals surface area contributed by atoms with Gasteiger partial charge in [-0.05, 0) is 55.3 Å². The Kier molecular flexibility index (Phi) is 7.76. The zero-order valence-electron chi connectivity index (χ0n) is 18.5. The quantitative estimate of drug-likeness (QED) is 0.395. The van der Waals surface area contributed by atoms with Crippen LogP contribution in [-0.4, -0.2) is 42.5 Å². The average Bonchev–Trinajstić information content (AvgIpc) is 3.56. The van der Waals surface area contributed by atoms with E-state index < -0.39 is 0 Å². The van der Waals surface area contributed by atoms with E-state index in [1.54, 1.807) is 19.5 Å². The molecule has 1 aliphatic rings. The second-order valence-electron chi connectivity index (χ2n) is 7.86. The van der Waals surface area contributed by atoms with Crippen molar-refractivity contribution in [2.24, 2.45) is 4.99 Å². The number of nitrogens with one attached hydrogen (secondary N) is 2. The molecule has 3 aromatic rings. The van der Waals surface area contributed by atoms with Gasteiger partial charge in [-0.3, -0.25) is 9.89 Å².